The number of amides is 2. The summed E-state index contributed by atoms with van der Waals surface area (Å²) in [4.78, 5) is 38.9. The molecule has 35 heavy (non-hydrogen) atoms. The van der Waals surface area contributed by atoms with Crippen LogP contribution < -0.4 is 5.32 Å². The van der Waals surface area contributed by atoms with Gasteiger partial charge >= 0.3 is 12.1 Å². The lowest BCUT2D eigenvalue weighted by molar-refractivity contribution is -0.153. The summed E-state index contributed by atoms with van der Waals surface area (Å²) in [7, 11) is 0. The largest absolute Gasteiger partial charge is 0.480 e. The maximum absolute atomic E-state index is 13.1. The Bertz CT molecular complexity index is 1130. The molecule has 1 saturated carbocycles. The fourth-order valence-corrected chi connectivity index (χ4v) is 6.24. The first-order valence-corrected chi connectivity index (χ1v) is 12.3. The lowest BCUT2D eigenvalue weighted by Gasteiger charge is -2.39. The van der Waals surface area contributed by atoms with E-state index in [9.17, 15) is 19.5 Å². The summed E-state index contributed by atoms with van der Waals surface area (Å²) in [6, 6.07) is 15.2. The minimum atomic E-state index is -0.982. The number of carboxylic acid groups (broad SMARTS) is 1. The van der Waals surface area contributed by atoms with Crippen molar-refractivity contribution in [2.75, 3.05) is 13.2 Å². The number of alkyl carbamates (subject to hydrolysis) is 1. The highest BCUT2D eigenvalue weighted by atomic mass is 16.5. The third kappa shape index (κ3) is 3.76. The summed E-state index contributed by atoms with van der Waals surface area (Å²) in [6.07, 6.45) is 1.33. The molecule has 2 heterocycles. The number of nitrogens with one attached hydrogen (secondary N) is 1. The molecule has 2 aliphatic heterocycles. The van der Waals surface area contributed by atoms with E-state index in [1.807, 2.05) is 24.3 Å². The molecule has 0 aromatic heterocycles. The van der Waals surface area contributed by atoms with E-state index in [0.29, 0.717) is 32.3 Å². The number of hydrogen-bond acceptors (Lipinski definition) is 5. The van der Waals surface area contributed by atoms with Crippen molar-refractivity contribution in [2.45, 2.75) is 55.8 Å². The molecule has 2 amide bonds. The van der Waals surface area contributed by atoms with Gasteiger partial charge in [-0.1, -0.05) is 48.5 Å². The number of fused-ring (bicyclic) bond motifs is 4. The van der Waals surface area contributed by atoms with E-state index >= 15 is 0 Å². The van der Waals surface area contributed by atoms with Crippen molar-refractivity contribution in [2.24, 2.45) is 5.92 Å². The van der Waals surface area contributed by atoms with Crippen LogP contribution in [0.15, 0.2) is 48.5 Å². The highest BCUT2D eigenvalue weighted by Crippen LogP contribution is 2.44. The van der Waals surface area contributed by atoms with Gasteiger partial charge in [-0.2, -0.15) is 0 Å². The van der Waals surface area contributed by atoms with Gasteiger partial charge in [0.2, 0.25) is 5.91 Å². The highest BCUT2D eigenvalue weighted by Gasteiger charge is 2.52. The van der Waals surface area contributed by atoms with Crippen LogP contribution in [-0.4, -0.2) is 65.4 Å². The van der Waals surface area contributed by atoms with Crippen molar-refractivity contribution in [3.63, 3.8) is 0 Å². The molecule has 6 rings (SSSR count). The lowest BCUT2D eigenvalue weighted by atomic mass is 9.79. The number of aliphatic carboxylic acids is 1. The number of benzene rings is 2. The van der Waals surface area contributed by atoms with E-state index in [-0.39, 0.29) is 42.5 Å². The number of carboxylic acids is 1. The Kier molecular flexibility index (Phi) is 5.48. The normalized spacial score (nSPS) is 28.6. The maximum atomic E-state index is 13.1. The second kappa shape index (κ2) is 8.68. The summed E-state index contributed by atoms with van der Waals surface area (Å²) in [6.45, 7) is 0.800. The zero-order valence-electron chi connectivity index (χ0n) is 19.3. The first-order chi connectivity index (χ1) is 17.0. The molecule has 182 valence electrons. The van der Waals surface area contributed by atoms with E-state index in [0.717, 1.165) is 11.1 Å². The van der Waals surface area contributed by atoms with Crippen molar-refractivity contribution in [1.29, 1.82) is 0 Å². The minimum Gasteiger partial charge on any atom is -0.480 e. The molecule has 2 N–H and O–H groups in total. The molecule has 0 bridgehead atoms. The highest BCUT2D eigenvalue weighted by molar-refractivity contribution is 5.87. The Morgan fingerprint density at radius 2 is 1.66 bits per heavy atom. The zero-order valence-corrected chi connectivity index (χ0v) is 19.3. The zero-order chi connectivity index (χ0) is 24.1. The van der Waals surface area contributed by atoms with Crippen molar-refractivity contribution in [1.82, 2.24) is 10.2 Å². The number of hydrogen-bond donors (Lipinski definition) is 2. The molecular weight excluding hydrogens is 448 g/mol. The van der Waals surface area contributed by atoms with Crippen LogP contribution in [0.2, 0.25) is 0 Å². The van der Waals surface area contributed by atoms with Gasteiger partial charge in [-0.15, -0.1) is 0 Å². The van der Waals surface area contributed by atoms with Crippen molar-refractivity contribution >= 4 is 18.0 Å². The molecule has 0 radical (unpaired) electrons. The summed E-state index contributed by atoms with van der Waals surface area (Å²) in [5.41, 5.74) is 4.66. The second-order valence-corrected chi connectivity index (χ2v) is 9.94. The number of rotatable bonds is 5. The van der Waals surface area contributed by atoms with Crippen molar-refractivity contribution in [3.8, 4) is 11.1 Å². The average Bonchev–Trinajstić information content (AvgIpc) is 3.51. The topological polar surface area (TPSA) is 105 Å². The van der Waals surface area contributed by atoms with E-state index in [2.05, 4.69) is 29.6 Å². The Labute approximate surface area is 203 Å². The number of likely N-dealkylation sites (tertiary alicyclic amines) is 1. The van der Waals surface area contributed by atoms with Gasteiger partial charge in [0.15, 0.2) is 0 Å². The Morgan fingerprint density at radius 1 is 1.00 bits per heavy atom. The van der Waals surface area contributed by atoms with Crippen LogP contribution in [0.25, 0.3) is 11.1 Å². The first-order valence-electron chi connectivity index (χ1n) is 12.3. The van der Waals surface area contributed by atoms with Crippen molar-refractivity contribution in [3.05, 3.63) is 59.7 Å². The molecule has 8 heteroatoms. The molecule has 3 fully saturated rings. The van der Waals surface area contributed by atoms with Gasteiger partial charge in [-0.25, -0.2) is 9.59 Å². The van der Waals surface area contributed by atoms with Crippen LogP contribution >= 0.6 is 0 Å². The standard InChI is InChI=1S/C27H28N2O6/c30-25(29-22-9-10-34-24(22)13-23(29)26(31)32)15-11-16(12-15)28-27(33)35-14-21-19-7-3-1-5-17(19)18-6-2-4-8-20(18)21/h1-8,15-16,21-24H,9-14H2,(H,28,33)(H,31,32)/t15?,16?,22-,23?,24-/m0/s1. The quantitative estimate of drug-likeness (QED) is 0.687. The van der Waals surface area contributed by atoms with Gasteiger partial charge in [-0.3, -0.25) is 4.79 Å². The molecular formula is C27H28N2O6. The third-order valence-corrected chi connectivity index (χ3v) is 8.02. The average molecular weight is 477 g/mol. The van der Waals surface area contributed by atoms with Gasteiger partial charge in [-0.05, 0) is 41.5 Å². The van der Waals surface area contributed by atoms with E-state index in [4.69, 9.17) is 9.47 Å². The molecule has 8 nitrogen and oxygen atoms in total. The maximum Gasteiger partial charge on any atom is 0.407 e. The lowest BCUT2D eigenvalue weighted by Crippen LogP contribution is -2.54. The predicted molar refractivity (Wildman–Crippen MR) is 126 cm³/mol. The van der Waals surface area contributed by atoms with Crippen LogP contribution in [-0.2, 0) is 19.1 Å². The molecule has 2 aliphatic carbocycles. The van der Waals surface area contributed by atoms with Crippen LogP contribution in [0, 0.1) is 5.92 Å². The minimum absolute atomic E-state index is 0.00596. The molecule has 3 atom stereocenters. The number of carbonyl (C=O) groups is 3. The summed E-state index contributed by atoms with van der Waals surface area (Å²) in [5, 5.41) is 12.5. The monoisotopic (exact) mass is 476 g/mol. The predicted octanol–water partition coefficient (Wildman–Crippen LogP) is 3.15. The molecule has 1 unspecified atom stereocenters. The Hall–Kier alpha value is -3.39. The number of ether oxygens (including phenoxy) is 2. The third-order valence-electron chi connectivity index (χ3n) is 8.02. The Balaban J connectivity index is 1.03. The van der Waals surface area contributed by atoms with Gasteiger partial charge in [0.1, 0.15) is 12.6 Å². The SMILES string of the molecule is O=C(NC1CC(C(=O)N2C(C(=O)O)C[C@@H]3OCC[C@@H]32)C1)OCC1c2ccccc2-c2ccccc21. The Morgan fingerprint density at radius 3 is 2.31 bits per heavy atom. The van der Waals surface area contributed by atoms with Gasteiger partial charge in [0, 0.05) is 30.9 Å². The van der Waals surface area contributed by atoms with Crippen LogP contribution in [0.1, 0.15) is 42.7 Å². The van der Waals surface area contributed by atoms with Crippen LogP contribution in [0.3, 0.4) is 0 Å². The van der Waals surface area contributed by atoms with Gasteiger partial charge in [0.25, 0.3) is 0 Å². The fourth-order valence-electron chi connectivity index (χ4n) is 6.24. The molecule has 2 saturated heterocycles. The second-order valence-electron chi connectivity index (χ2n) is 9.94. The number of carbonyl (C=O) groups excluding carboxylic acids is 2. The molecule has 2 aromatic rings. The van der Waals surface area contributed by atoms with Crippen LogP contribution in [0.4, 0.5) is 4.79 Å². The molecule has 2 aromatic carbocycles. The van der Waals surface area contributed by atoms with Crippen molar-refractivity contribution < 1.29 is 29.0 Å². The fraction of sp³-hybridized carbons (Fsp3) is 0.444. The number of nitrogens with zero attached hydrogens (tertiary/aromatic N) is 1. The first kappa shape index (κ1) is 22.1. The molecule has 0 spiro atoms. The summed E-state index contributed by atoms with van der Waals surface area (Å²) >= 11 is 0. The summed E-state index contributed by atoms with van der Waals surface area (Å²) in [5.74, 6) is -1.41. The van der Waals surface area contributed by atoms with Crippen LogP contribution in [0.5, 0.6) is 0 Å². The van der Waals surface area contributed by atoms with E-state index in [1.54, 1.807) is 0 Å². The molecule has 4 aliphatic rings. The van der Waals surface area contributed by atoms with E-state index < -0.39 is 18.1 Å². The summed E-state index contributed by atoms with van der Waals surface area (Å²) < 4.78 is 11.2. The van der Waals surface area contributed by atoms with Gasteiger partial charge < -0.3 is 24.8 Å². The smallest absolute Gasteiger partial charge is 0.407 e. The van der Waals surface area contributed by atoms with Gasteiger partial charge in [0.05, 0.1) is 12.1 Å². The van der Waals surface area contributed by atoms with E-state index in [1.165, 1.54) is 16.0 Å².